The minimum atomic E-state index is -4.58. The molecule has 0 aromatic carbocycles. The number of hydrogen-bond donors (Lipinski definition) is 1. The number of halogens is 3. The van der Waals surface area contributed by atoms with Gasteiger partial charge in [-0.05, 0) is 32.1 Å². The molecule has 2 N–H and O–H groups in total. The monoisotopic (exact) mass is 317 g/mol. The van der Waals surface area contributed by atoms with E-state index in [4.69, 9.17) is 10.5 Å². The quantitative estimate of drug-likeness (QED) is 0.926. The summed E-state index contributed by atoms with van der Waals surface area (Å²) in [7, 11) is 0. The van der Waals surface area contributed by atoms with Gasteiger partial charge in [0.05, 0.1) is 24.0 Å². The second-order valence-electron chi connectivity index (χ2n) is 6.98. The van der Waals surface area contributed by atoms with Crippen molar-refractivity contribution in [3.8, 4) is 5.75 Å². The van der Waals surface area contributed by atoms with Crippen LogP contribution in [0.25, 0.3) is 0 Å². The fourth-order valence-electron chi connectivity index (χ4n) is 4.18. The highest BCUT2D eigenvalue weighted by Crippen LogP contribution is 2.63. The summed E-state index contributed by atoms with van der Waals surface area (Å²) in [6.45, 7) is 0. The first kappa shape index (κ1) is 14.3. The molecule has 0 unspecified atom stereocenters. The van der Waals surface area contributed by atoms with Crippen LogP contribution in [-0.4, -0.2) is 33.9 Å². The molecule has 1 aromatic heterocycles. The van der Waals surface area contributed by atoms with Crippen molar-refractivity contribution in [3.63, 3.8) is 0 Å². The van der Waals surface area contributed by atoms with Crippen LogP contribution in [0.5, 0.6) is 5.75 Å². The predicted octanol–water partition coefficient (Wildman–Crippen LogP) is 2.31. The van der Waals surface area contributed by atoms with Crippen LogP contribution in [0.4, 0.5) is 13.2 Å². The molecule has 0 amide bonds. The van der Waals surface area contributed by atoms with Gasteiger partial charge in [0.15, 0.2) is 5.75 Å². The molecule has 8 heteroatoms. The first-order chi connectivity index (χ1) is 10.3. The molecule has 2 atom stereocenters. The first-order valence-electron chi connectivity index (χ1n) is 7.51. The third kappa shape index (κ3) is 2.38. The summed E-state index contributed by atoms with van der Waals surface area (Å²) >= 11 is 0. The lowest BCUT2D eigenvalue weighted by Crippen LogP contribution is -2.76. The summed E-state index contributed by atoms with van der Waals surface area (Å²) in [6, 6.07) is 0. The van der Waals surface area contributed by atoms with E-state index in [2.05, 4.69) is 9.84 Å². The van der Waals surface area contributed by atoms with Crippen molar-refractivity contribution in [2.75, 3.05) is 0 Å². The van der Waals surface area contributed by atoms with Gasteiger partial charge in [-0.1, -0.05) is 0 Å². The van der Waals surface area contributed by atoms with Gasteiger partial charge in [-0.3, -0.25) is 9.42 Å². The Morgan fingerprint density at radius 2 is 1.91 bits per heavy atom. The molecule has 0 saturated heterocycles. The third-order valence-electron chi connectivity index (χ3n) is 5.03. The predicted molar refractivity (Wildman–Crippen MR) is 70.2 cm³/mol. The van der Waals surface area contributed by atoms with E-state index in [9.17, 15) is 13.2 Å². The molecule has 0 aliphatic heterocycles. The number of alkyl halides is 3. The molecule has 4 fully saturated rings. The molecule has 4 aliphatic rings. The molecule has 0 spiro atoms. The Morgan fingerprint density at radius 3 is 2.55 bits per heavy atom. The van der Waals surface area contributed by atoms with Crippen LogP contribution in [0, 0.1) is 0 Å². The minimum Gasteiger partial charge on any atom is -0.487 e. The Labute approximate surface area is 125 Å². The number of aromatic nitrogens is 2. The fraction of sp³-hybridized carbons (Fsp3) is 0.786. The van der Waals surface area contributed by atoms with Crippen LogP contribution < -0.4 is 10.5 Å². The highest BCUT2D eigenvalue weighted by molar-refractivity contribution is 5.27. The molecule has 4 aliphatic carbocycles. The zero-order valence-corrected chi connectivity index (χ0v) is 12.0. The number of hydrogen-bond acceptors (Lipinski definition) is 4. The van der Waals surface area contributed by atoms with Gasteiger partial charge < -0.3 is 10.5 Å². The summed E-state index contributed by atoms with van der Waals surface area (Å²) in [5.41, 5.74) is 6.09. The van der Waals surface area contributed by atoms with Crippen LogP contribution in [-0.2, 0) is 10.3 Å². The Hall–Kier alpha value is -1.28. The van der Waals surface area contributed by atoms with E-state index in [1.807, 2.05) is 10.9 Å². The molecular weight excluding hydrogens is 299 g/mol. The van der Waals surface area contributed by atoms with Crippen LogP contribution in [0.2, 0.25) is 0 Å². The molecule has 4 saturated carbocycles. The summed E-state index contributed by atoms with van der Waals surface area (Å²) in [4.78, 5) is 0. The summed E-state index contributed by atoms with van der Waals surface area (Å²) < 4.78 is 48.3. The minimum absolute atomic E-state index is 0.000573. The van der Waals surface area contributed by atoms with Gasteiger partial charge in [0.1, 0.15) is 6.10 Å². The molecule has 122 valence electrons. The average Bonchev–Trinajstić information content (AvgIpc) is 2.92. The lowest BCUT2D eigenvalue weighted by molar-refractivity contribution is -0.341. The lowest BCUT2D eigenvalue weighted by Gasteiger charge is -2.68. The smallest absolute Gasteiger partial charge is 0.487 e. The van der Waals surface area contributed by atoms with Gasteiger partial charge >= 0.3 is 6.36 Å². The van der Waals surface area contributed by atoms with Crippen LogP contribution in [0.15, 0.2) is 12.4 Å². The Morgan fingerprint density at radius 1 is 1.23 bits per heavy atom. The second-order valence-corrected chi connectivity index (χ2v) is 6.98. The standard InChI is InChI=1S/C14H18F3N3O2/c15-14(16,17)22-10-2-1-9(3-10)21-11-4-19-20(5-11)13-6-12(18,7-13)8-13/h4-5,9-10H,1-3,6-8,18H2/t9-,10+,12?,13?/m0/s1. The molecule has 22 heavy (non-hydrogen) atoms. The Balaban J connectivity index is 1.32. The Kier molecular flexibility index (Phi) is 2.85. The van der Waals surface area contributed by atoms with Crippen LogP contribution in [0.3, 0.4) is 0 Å². The number of ether oxygens (including phenoxy) is 2. The van der Waals surface area contributed by atoms with Gasteiger partial charge in [0.25, 0.3) is 0 Å². The molecular formula is C14H18F3N3O2. The SMILES string of the molecule is NC12CC(n3cc(O[C@H]4CC[C@@H](OC(F)(F)F)C4)cn3)(C1)C2. The summed E-state index contributed by atoms with van der Waals surface area (Å²) in [5.74, 6) is 0.605. The van der Waals surface area contributed by atoms with Gasteiger partial charge in [-0.2, -0.15) is 5.10 Å². The third-order valence-corrected chi connectivity index (χ3v) is 5.03. The van der Waals surface area contributed by atoms with E-state index < -0.39 is 12.5 Å². The topological polar surface area (TPSA) is 62.3 Å². The van der Waals surface area contributed by atoms with Crippen molar-refractivity contribution >= 4 is 0 Å². The highest BCUT2D eigenvalue weighted by atomic mass is 19.4. The van der Waals surface area contributed by atoms with E-state index in [1.165, 1.54) is 0 Å². The van der Waals surface area contributed by atoms with Crippen molar-refractivity contribution in [1.29, 1.82) is 0 Å². The molecule has 5 nitrogen and oxygen atoms in total. The Bertz CT molecular complexity index is 566. The van der Waals surface area contributed by atoms with Crippen molar-refractivity contribution in [2.24, 2.45) is 5.73 Å². The summed E-state index contributed by atoms with van der Waals surface area (Å²) in [6.07, 6.45) is 1.80. The normalized spacial score (nSPS) is 40.2. The zero-order chi connectivity index (χ0) is 15.6. The summed E-state index contributed by atoms with van der Waals surface area (Å²) in [5, 5.41) is 4.32. The van der Waals surface area contributed by atoms with Crippen LogP contribution in [0.1, 0.15) is 38.5 Å². The molecule has 1 aromatic rings. The number of rotatable bonds is 4. The van der Waals surface area contributed by atoms with Gasteiger partial charge in [-0.25, -0.2) is 0 Å². The molecule has 2 bridgehead atoms. The number of nitrogens with zero attached hydrogens (tertiary/aromatic N) is 2. The second kappa shape index (κ2) is 4.38. The fourth-order valence-corrected chi connectivity index (χ4v) is 4.18. The van der Waals surface area contributed by atoms with E-state index in [-0.39, 0.29) is 23.6 Å². The van der Waals surface area contributed by atoms with Crippen molar-refractivity contribution < 1.29 is 22.6 Å². The largest absolute Gasteiger partial charge is 0.522 e. The zero-order valence-electron chi connectivity index (χ0n) is 12.0. The maximum atomic E-state index is 12.2. The van der Waals surface area contributed by atoms with Crippen LogP contribution >= 0.6 is 0 Å². The van der Waals surface area contributed by atoms with Gasteiger partial charge in [-0.15, -0.1) is 13.2 Å². The van der Waals surface area contributed by atoms with E-state index in [1.54, 1.807) is 6.20 Å². The average molecular weight is 317 g/mol. The van der Waals surface area contributed by atoms with E-state index in [0.717, 1.165) is 19.3 Å². The molecule has 1 heterocycles. The maximum Gasteiger partial charge on any atom is 0.522 e. The van der Waals surface area contributed by atoms with Crippen molar-refractivity contribution in [3.05, 3.63) is 12.4 Å². The maximum absolute atomic E-state index is 12.2. The van der Waals surface area contributed by atoms with Crippen molar-refractivity contribution in [2.45, 2.75) is 68.2 Å². The first-order valence-corrected chi connectivity index (χ1v) is 7.51. The van der Waals surface area contributed by atoms with Crippen molar-refractivity contribution in [1.82, 2.24) is 9.78 Å². The van der Waals surface area contributed by atoms with E-state index >= 15 is 0 Å². The molecule has 0 radical (unpaired) electrons. The van der Waals surface area contributed by atoms with E-state index in [0.29, 0.717) is 18.6 Å². The molecule has 5 rings (SSSR count). The lowest BCUT2D eigenvalue weighted by atomic mass is 9.45. The van der Waals surface area contributed by atoms with Gasteiger partial charge in [0, 0.05) is 12.0 Å². The highest BCUT2D eigenvalue weighted by Gasteiger charge is 2.67. The van der Waals surface area contributed by atoms with Gasteiger partial charge in [0.2, 0.25) is 0 Å². The number of nitrogens with two attached hydrogens (primary N) is 1.